The van der Waals surface area contributed by atoms with E-state index in [2.05, 4.69) is 0 Å². The first-order valence-corrected chi connectivity index (χ1v) is 13.4. The Morgan fingerprint density at radius 3 is 2.18 bits per heavy atom. The minimum absolute atomic E-state index is 0.0593. The van der Waals surface area contributed by atoms with Gasteiger partial charge >= 0.3 is 17.9 Å². The van der Waals surface area contributed by atoms with Crippen molar-refractivity contribution in [3.8, 4) is 0 Å². The Morgan fingerprint density at radius 1 is 0.974 bits per heavy atom. The third-order valence-corrected chi connectivity index (χ3v) is 7.86. The van der Waals surface area contributed by atoms with Crippen molar-refractivity contribution in [3.63, 3.8) is 0 Å². The highest BCUT2D eigenvalue weighted by molar-refractivity contribution is 5.95. The van der Waals surface area contributed by atoms with Crippen LogP contribution >= 0.6 is 0 Å². The van der Waals surface area contributed by atoms with E-state index in [0.29, 0.717) is 11.1 Å². The van der Waals surface area contributed by atoms with Crippen molar-refractivity contribution >= 4 is 23.7 Å². The lowest BCUT2D eigenvalue weighted by atomic mass is 9.75. The van der Waals surface area contributed by atoms with Crippen LogP contribution in [-0.4, -0.2) is 52.7 Å². The van der Waals surface area contributed by atoms with Crippen LogP contribution in [0.15, 0.2) is 54.1 Å². The molecule has 8 heteroatoms. The van der Waals surface area contributed by atoms with E-state index in [1.807, 2.05) is 39.8 Å². The van der Waals surface area contributed by atoms with Crippen LogP contribution in [0, 0.1) is 23.2 Å². The van der Waals surface area contributed by atoms with Crippen LogP contribution in [0.3, 0.4) is 0 Å². The maximum Gasteiger partial charge on any atom is 0.338 e. The Labute approximate surface area is 230 Å². The normalized spacial score (nSPS) is 34.8. The number of benzene rings is 1. The van der Waals surface area contributed by atoms with E-state index >= 15 is 0 Å². The fraction of sp³-hybridized carbons (Fsp3) is 0.548. The lowest BCUT2D eigenvalue weighted by Gasteiger charge is -2.40. The minimum atomic E-state index is -1.63. The van der Waals surface area contributed by atoms with Gasteiger partial charge in [0.25, 0.3) is 0 Å². The molecule has 39 heavy (non-hydrogen) atoms. The molecule has 0 saturated heterocycles. The van der Waals surface area contributed by atoms with Gasteiger partial charge in [0, 0.05) is 37.5 Å². The highest BCUT2D eigenvalue weighted by atomic mass is 16.6. The molecule has 2 aliphatic carbocycles. The number of ether oxygens (including phenoxy) is 3. The number of rotatable bonds is 4. The van der Waals surface area contributed by atoms with Gasteiger partial charge in [-0.2, -0.15) is 0 Å². The summed E-state index contributed by atoms with van der Waals surface area (Å²) < 4.78 is 17.3. The van der Waals surface area contributed by atoms with Crippen molar-refractivity contribution in [1.29, 1.82) is 0 Å². The summed E-state index contributed by atoms with van der Waals surface area (Å²) in [4.78, 5) is 50.6. The highest BCUT2D eigenvalue weighted by Gasteiger charge is 2.58. The molecule has 0 heterocycles. The van der Waals surface area contributed by atoms with Gasteiger partial charge in [0.05, 0.1) is 5.56 Å². The number of hydrogen-bond donors (Lipinski definition) is 1. The Balaban J connectivity index is 2.13. The lowest BCUT2D eigenvalue weighted by molar-refractivity contribution is -0.173. The van der Waals surface area contributed by atoms with Crippen LogP contribution in [0.5, 0.6) is 0 Å². The summed E-state index contributed by atoms with van der Waals surface area (Å²) >= 11 is 0. The molecule has 0 aliphatic heterocycles. The zero-order valence-corrected chi connectivity index (χ0v) is 23.8. The number of esters is 3. The fourth-order valence-corrected chi connectivity index (χ4v) is 5.71. The van der Waals surface area contributed by atoms with Crippen LogP contribution in [0.2, 0.25) is 0 Å². The molecule has 1 aromatic rings. The van der Waals surface area contributed by atoms with Crippen LogP contribution < -0.4 is 0 Å². The smallest absolute Gasteiger partial charge is 0.338 e. The summed E-state index contributed by atoms with van der Waals surface area (Å²) in [6.07, 6.45) is 2.86. The summed E-state index contributed by atoms with van der Waals surface area (Å²) in [7, 11) is 0. The number of allylic oxidation sites excluding steroid dienone is 1. The van der Waals surface area contributed by atoms with Gasteiger partial charge in [-0.05, 0) is 37.0 Å². The molecule has 8 nitrogen and oxygen atoms in total. The Hall–Kier alpha value is -3.26. The predicted octanol–water partition coefficient (Wildman–Crippen LogP) is 4.60. The van der Waals surface area contributed by atoms with E-state index in [0.717, 1.165) is 0 Å². The van der Waals surface area contributed by atoms with E-state index in [1.165, 1.54) is 13.8 Å². The summed E-state index contributed by atoms with van der Waals surface area (Å²) in [5.74, 6) is -3.49. The van der Waals surface area contributed by atoms with Crippen molar-refractivity contribution in [2.45, 2.75) is 85.2 Å². The van der Waals surface area contributed by atoms with Gasteiger partial charge in [-0.15, -0.1) is 0 Å². The number of fused-ring (bicyclic) bond motifs is 1. The van der Waals surface area contributed by atoms with Crippen LogP contribution in [0.4, 0.5) is 0 Å². The van der Waals surface area contributed by atoms with E-state index in [-0.39, 0.29) is 24.5 Å². The number of aliphatic hydroxyl groups is 1. The summed E-state index contributed by atoms with van der Waals surface area (Å²) in [6.45, 7) is 11.6. The molecule has 0 aromatic heterocycles. The zero-order chi connectivity index (χ0) is 29.1. The van der Waals surface area contributed by atoms with Gasteiger partial charge in [-0.25, -0.2) is 4.79 Å². The Bertz CT molecular complexity index is 1150. The molecular weight excluding hydrogens is 500 g/mol. The summed E-state index contributed by atoms with van der Waals surface area (Å²) in [5, 5.41) is 12.3. The van der Waals surface area contributed by atoms with E-state index in [4.69, 9.17) is 14.2 Å². The van der Waals surface area contributed by atoms with Crippen molar-refractivity contribution in [2.24, 2.45) is 23.2 Å². The van der Waals surface area contributed by atoms with Crippen LogP contribution in [0.25, 0.3) is 0 Å². The molecule has 2 aliphatic rings. The molecule has 0 unspecified atom stereocenters. The molecule has 1 N–H and O–H groups in total. The SMILES string of the molecule is CC(=O)O[C@@H]1CC(=O)/C(C)=C\[C@H]2[C@@H](OC(=O)c3ccccc3)[C@@H](C)C[C@]2(O)[C@@H](OC(C)=O)[C@@H](C)/C=C\C1(C)C. The van der Waals surface area contributed by atoms with E-state index in [1.54, 1.807) is 43.3 Å². The van der Waals surface area contributed by atoms with Crippen LogP contribution in [-0.2, 0) is 28.6 Å². The molecule has 7 atom stereocenters. The van der Waals surface area contributed by atoms with Gasteiger partial charge in [0.1, 0.15) is 23.9 Å². The maximum absolute atomic E-state index is 13.4. The first-order valence-electron chi connectivity index (χ1n) is 13.4. The standard InChI is InChI=1S/C31H40O8/c1-18-13-14-30(6,7)26(37-21(4)32)16-25(34)19(2)15-24-27(39-29(35)23-11-9-8-10-12-23)20(3)17-31(24,36)28(18)38-22(5)33/h8-15,18,20,24,26-28,36H,16-17H2,1-7H3/b14-13-,19-15-/t18-,20-,24-,26+,27-,28-,31+/m0/s1. The monoisotopic (exact) mass is 540 g/mol. The molecular formula is C31H40O8. The third-order valence-electron chi connectivity index (χ3n) is 7.86. The first kappa shape index (κ1) is 30.3. The van der Waals surface area contributed by atoms with Gasteiger partial charge < -0.3 is 19.3 Å². The van der Waals surface area contributed by atoms with Crippen LogP contribution in [0.1, 0.15) is 71.7 Å². The average molecular weight is 541 g/mol. The lowest BCUT2D eigenvalue weighted by Crippen LogP contribution is -2.52. The second-order valence-electron chi connectivity index (χ2n) is 11.6. The molecule has 0 spiro atoms. The number of Topliss-reactive ketones (excluding diaryl/α,β-unsaturated/α-hetero) is 1. The molecule has 0 amide bonds. The molecule has 1 saturated carbocycles. The second-order valence-corrected chi connectivity index (χ2v) is 11.6. The first-order chi connectivity index (χ1) is 18.2. The molecule has 0 bridgehead atoms. The fourth-order valence-electron chi connectivity index (χ4n) is 5.71. The molecule has 1 fully saturated rings. The second kappa shape index (κ2) is 11.9. The molecule has 1 aromatic carbocycles. The maximum atomic E-state index is 13.4. The van der Waals surface area contributed by atoms with Gasteiger partial charge in [0.15, 0.2) is 5.78 Å². The van der Waals surface area contributed by atoms with Gasteiger partial charge in [-0.3, -0.25) is 14.4 Å². The van der Waals surface area contributed by atoms with E-state index < -0.39 is 59.1 Å². The molecule has 212 valence electrons. The highest BCUT2D eigenvalue weighted by Crippen LogP contribution is 2.48. The zero-order valence-electron chi connectivity index (χ0n) is 23.8. The number of carbonyl (C=O) groups excluding carboxylic acids is 4. The number of hydrogen-bond acceptors (Lipinski definition) is 8. The minimum Gasteiger partial charge on any atom is -0.461 e. The average Bonchev–Trinajstić information content (AvgIpc) is 3.09. The summed E-state index contributed by atoms with van der Waals surface area (Å²) in [6, 6.07) is 8.54. The number of ketones is 1. The van der Waals surface area contributed by atoms with E-state index in [9.17, 15) is 24.3 Å². The van der Waals surface area contributed by atoms with Crippen molar-refractivity contribution in [2.75, 3.05) is 0 Å². The quantitative estimate of drug-likeness (QED) is 0.335. The Kier molecular flexibility index (Phi) is 9.21. The van der Waals surface area contributed by atoms with Gasteiger partial charge in [0.2, 0.25) is 0 Å². The molecule has 3 rings (SSSR count). The number of carbonyl (C=O) groups is 4. The van der Waals surface area contributed by atoms with Crippen molar-refractivity contribution < 1.29 is 38.5 Å². The molecule has 0 radical (unpaired) electrons. The van der Waals surface area contributed by atoms with Crippen molar-refractivity contribution in [1.82, 2.24) is 0 Å². The van der Waals surface area contributed by atoms with Crippen molar-refractivity contribution in [3.05, 3.63) is 59.7 Å². The third kappa shape index (κ3) is 6.85. The summed E-state index contributed by atoms with van der Waals surface area (Å²) in [5.41, 5.74) is -1.66. The van der Waals surface area contributed by atoms with Gasteiger partial charge in [-0.1, -0.05) is 64.1 Å². The topological polar surface area (TPSA) is 116 Å². The Morgan fingerprint density at radius 2 is 1.59 bits per heavy atom. The largest absolute Gasteiger partial charge is 0.461 e. The predicted molar refractivity (Wildman–Crippen MR) is 144 cm³/mol.